The summed E-state index contributed by atoms with van der Waals surface area (Å²) in [7, 11) is 0. The number of nitrogens with one attached hydrogen (secondary N) is 1. The fourth-order valence-corrected chi connectivity index (χ4v) is 4.90. The van der Waals surface area contributed by atoms with Crippen LogP contribution < -0.4 is 5.32 Å². The SMILES string of the molecule is Cc1cc(C(F)(F)F)cc(O)c1-c1ccc(N[C@@H]2CC[C@H]3CC[C@H]2N3CCO)nn1. The maximum absolute atomic E-state index is 12.9. The molecule has 3 atom stereocenters. The first-order valence-corrected chi connectivity index (χ1v) is 10.2. The highest BCUT2D eigenvalue weighted by Crippen LogP contribution is 2.39. The number of nitrogens with zero attached hydrogens (tertiary/aromatic N) is 3. The molecule has 3 heterocycles. The van der Waals surface area contributed by atoms with E-state index in [4.69, 9.17) is 0 Å². The number of piperidine rings is 1. The molecule has 4 rings (SSSR count). The van der Waals surface area contributed by atoms with E-state index in [0.717, 1.165) is 31.7 Å². The summed E-state index contributed by atoms with van der Waals surface area (Å²) in [5.74, 6) is 0.114. The molecule has 0 spiro atoms. The number of aromatic hydroxyl groups is 1. The van der Waals surface area contributed by atoms with Gasteiger partial charge in [-0.2, -0.15) is 13.2 Å². The lowest BCUT2D eigenvalue weighted by Crippen LogP contribution is -2.51. The molecule has 2 saturated heterocycles. The molecule has 3 N–H and O–H groups in total. The molecule has 162 valence electrons. The van der Waals surface area contributed by atoms with E-state index < -0.39 is 17.5 Å². The Balaban J connectivity index is 1.51. The lowest BCUT2D eigenvalue weighted by Gasteiger charge is -2.40. The maximum atomic E-state index is 12.9. The van der Waals surface area contributed by atoms with Gasteiger partial charge in [0.25, 0.3) is 0 Å². The molecule has 0 radical (unpaired) electrons. The average Bonchev–Trinajstić information content (AvgIpc) is 2.96. The van der Waals surface area contributed by atoms with Crippen LogP contribution >= 0.6 is 0 Å². The predicted octanol–water partition coefficient (Wildman–Crippen LogP) is 3.58. The molecule has 2 bridgehead atoms. The molecule has 2 fully saturated rings. The van der Waals surface area contributed by atoms with Crippen LogP contribution in [-0.4, -0.2) is 56.6 Å². The number of alkyl halides is 3. The van der Waals surface area contributed by atoms with Crippen LogP contribution in [0.1, 0.15) is 36.8 Å². The van der Waals surface area contributed by atoms with E-state index >= 15 is 0 Å². The van der Waals surface area contributed by atoms with Crippen LogP contribution in [0, 0.1) is 6.92 Å². The summed E-state index contributed by atoms with van der Waals surface area (Å²) in [4.78, 5) is 2.37. The third-order valence-corrected chi connectivity index (χ3v) is 6.22. The van der Waals surface area contributed by atoms with Gasteiger partial charge in [-0.25, -0.2) is 0 Å². The Bertz CT molecular complexity index is 881. The molecule has 2 aromatic rings. The van der Waals surface area contributed by atoms with Crippen LogP contribution in [0.3, 0.4) is 0 Å². The number of hydrogen-bond acceptors (Lipinski definition) is 6. The van der Waals surface area contributed by atoms with E-state index in [1.807, 2.05) is 0 Å². The van der Waals surface area contributed by atoms with Crippen molar-refractivity contribution in [2.24, 2.45) is 0 Å². The fourth-order valence-electron chi connectivity index (χ4n) is 4.90. The zero-order valence-corrected chi connectivity index (χ0v) is 16.7. The molecular formula is C21H25F3N4O2. The second-order valence-corrected chi connectivity index (χ2v) is 8.08. The van der Waals surface area contributed by atoms with Crippen molar-refractivity contribution in [3.8, 4) is 17.0 Å². The van der Waals surface area contributed by atoms with Gasteiger partial charge in [0.2, 0.25) is 0 Å². The monoisotopic (exact) mass is 422 g/mol. The Morgan fingerprint density at radius 1 is 1.13 bits per heavy atom. The molecule has 0 aliphatic carbocycles. The molecule has 9 heteroatoms. The Morgan fingerprint density at radius 2 is 1.90 bits per heavy atom. The van der Waals surface area contributed by atoms with Gasteiger partial charge in [0.1, 0.15) is 11.6 Å². The van der Waals surface area contributed by atoms with Crippen LogP contribution in [0.5, 0.6) is 5.75 Å². The molecule has 0 amide bonds. The van der Waals surface area contributed by atoms with Gasteiger partial charge in [-0.05, 0) is 62.4 Å². The zero-order chi connectivity index (χ0) is 21.5. The molecular weight excluding hydrogens is 397 g/mol. The number of phenols is 1. The summed E-state index contributed by atoms with van der Waals surface area (Å²) in [5, 5.41) is 31.3. The zero-order valence-electron chi connectivity index (χ0n) is 16.7. The molecule has 6 nitrogen and oxygen atoms in total. The lowest BCUT2D eigenvalue weighted by molar-refractivity contribution is -0.137. The van der Waals surface area contributed by atoms with Gasteiger partial charge in [0, 0.05) is 30.2 Å². The van der Waals surface area contributed by atoms with E-state index in [-0.39, 0.29) is 23.8 Å². The van der Waals surface area contributed by atoms with Crippen molar-refractivity contribution in [3.05, 3.63) is 35.4 Å². The van der Waals surface area contributed by atoms with Gasteiger partial charge in [-0.3, -0.25) is 4.90 Å². The highest BCUT2D eigenvalue weighted by molar-refractivity contribution is 5.71. The Morgan fingerprint density at radius 3 is 2.53 bits per heavy atom. The quantitative estimate of drug-likeness (QED) is 0.684. The number of aromatic nitrogens is 2. The van der Waals surface area contributed by atoms with E-state index in [1.54, 1.807) is 12.1 Å². The van der Waals surface area contributed by atoms with Crippen molar-refractivity contribution < 1.29 is 23.4 Å². The normalized spacial score (nSPS) is 24.2. The number of benzene rings is 1. The second kappa shape index (κ2) is 8.03. The molecule has 2 aliphatic heterocycles. The van der Waals surface area contributed by atoms with Crippen LogP contribution in [0.15, 0.2) is 24.3 Å². The summed E-state index contributed by atoms with van der Waals surface area (Å²) in [5.41, 5.74) is -0.0587. The Kier molecular flexibility index (Phi) is 5.59. The van der Waals surface area contributed by atoms with Crippen molar-refractivity contribution in [3.63, 3.8) is 0 Å². The van der Waals surface area contributed by atoms with Crippen LogP contribution in [-0.2, 0) is 6.18 Å². The standard InChI is InChI=1S/C21H25F3N4O2/c1-12-10-13(21(22,23)24)11-18(30)20(12)16-5-7-19(27-26-16)25-15-4-2-14-3-6-17(15)28(14)8-9-29/h5,7,10-11,14-15,17,29-30H,2-4,6,8-9H2,1H3,(H,25,27)/t14-,15+,17+/m0/s1. The number of anilines is 1. The number of hydrogen-bond donors (Lipinski definition) is 3. The minimum absolute atomic E-state index is 0.143. The maximum Gasteiger partial charge on any atom is 0.416 e. The number of halogens is 3. The van der Waals surface area contributed by atoms with Crippen molar-refractivity contribution >= 4 is 5.82 Å². The van der Waals surface area contributed by atoms with Crippen LogP contribution in [0.2, 0.25) is 0 Å². The summed E-state index contributed by atoms with van der Waals surface area (Å²) < 4.78 is 38.8. The summed E-state index contributed by atoms with van der Waals surface area (Å²) >= 11 is 0. The summed E-state index contributed by atoms with van der Waals surface area (Å²) in [6.45, 7) is 2.32. The van der Waals surface area contributed by atoms with Crippen molar-refractivity contribution in [2.75, 3.05) is 18.5 Å². The first-order valence-electron chi connectivity index (χ1n) is 10.2. The highest BCUT2D eigenvalue weighted by atomic mass is 19.4. The summed E-state index contributed by atoms with van der Waals surface area (Å²) in [6, 6.07) is 6.18. The lowest BCUT2D eigenvalue weighted by atomic mass is 9.97. The van der Waals surface area contributed by atoms with Crippen molar-refractivity contribution in [1.29, 1.82) is 0 Å². The Labute approximate surface area is 172 Å². The van der Waals surface area contributed by atoms with E-state index in [1.165, 1.54) is 6.92 Å². The number of fused-ring (bicyclic) bond motifs is 2. The van der Waals surface area contributed by atoms with Gasteiger partial charge >= 0.3 is 6.18 Å². The largest absolute Gasteiger partial charge is 0.507 e. The Hall–Kier alpha value is -2.39. The number of phenolic OH excluding ortho intramolecular Hbond substituents is 1. The minimum Gasteiger partial charge on any atom is -0.507 e. The summed E-state index contributed by atoms with van der Waals surface area (Å²) in [6.07, 6.45) is -0.229. The van der Waals surface area contributed by atoms with Gasteiger partial charge in [-0.1, -0.05) is 0 Å². The molecule has 1 aromatic carbocycles. The van der Waals surface area contributed by atoms with Gasteiger partial charge in [0.15, 0.2) is 0 Å². The number of aliphatic hydroxyl groups excluding tert-OH is 1. The molecule has 2 aliphatic rings. The van der Waals surface area contributed by atoms with E-state index in [0.29, 0.717) is 36.2 Å². The van der Waals surface area contributed by atoms with Crippen molar-refractivity contribution in [1.82, 2.24) is 15.1 Å². The third-order valence-electron chi connectivity index (χ3n) is 6.22. The average molecular weight is 422 g/mol. The molecule has 0 saturated carbocycles. The van der Waals surface area contributed by atoms with Crippen molar-refractivity contribution in [2.45, 2.75) is 56.9 Å². The van der Waals surface area contributed by atoms with Gasteiger partial charge < -0.3 is 15.5 Å². The van der Waals surface area contributed by atoms with Crippen LogP contribution in [0.4, 0.5) is 19.0 Å². The topological polar surface area (TPSA) is 81.5 Å². The number of rotatable bonds is 5. The number of aliphatic hydroxyl groups is 1. The van der Waals surface area contributed by atoms with Gasteiger partial charge in [-0.15, -0.1) is 10.2 Å². The first-order chi connectivity index (χ1) is 14.3. The highest BCUT2D eigenvalue weighted by Gasteiger charge is 2.42. The van der Waals surface area contributed by atoms with Gasteiger partial charge in [0.05, 0.1) is 17.9 Å². The molecule has 0 unspecified atom stereocenters. The number of aryl methyl sites for hydroxylation is 1. The molecule has 30 heavy (non-hydrogen) atoms. The smallest absolute Gasteiger partial charge is 0.416 e. The minimum atomic E-state index is -4.52. The third kappa shape index (κ3) is 3.96. The molecule has 1 aromatic heterocycles. The second-order valence-electron chi connectivity index (χ2n) is 8.08. The van der Waals surface area contributed by atoms with E-state index in [9.17, 15) is 23.4 Å². The van der Waals surface area contributed by atoms with E-state index in [2.05, 4.69) is 20.4 Å². The first kappa shape index (κ1) is 20.9. The van der Waals surface area contributed by atoms with Crippen LogP contribution in [0.25, 0.3) is 11.3 Å². The predicted molar refractivity (Wildman–Crippen MR) is 106 cm³/mol. The fraction of sp³-hybridized carbons (Fsp3) is 0.524.